The Morgan fingerprint density at radius 2 is 0.636 bits per heavy atom. The van der Waals surface area contributed by atoms with Crippen LogP contribution in [0.4, 0.5) is 0 Å². The van der Waals surface area contributed by atoms with Gasteiger partial charge in [0.1, 0.15) is 0 Å². The fourth-order valence-corrected chi connectivity index (χ4v) is 2.97. The number of rotatable bonds is 1. The van der Waals surface area contributed by atoms with Crippen LogP contribution in [0.15, 0.2) is 0 Å². The summed E-state index contributed by atoms with van der Waals surface area (Å²) in [5, 5.41) is 0. The fraction of sp³-hybridized carbons (Fsp3) is 1.00. The highest BCUT2D eigenvalue weighted by molar-refractivity contribution is 7.10. The maximum Gasteiger partial charge on any atom is 0.488 e. The number of hydrogen-bond donors (Lipinski definition) is 0. The molecule has 2 aliphatic heterocycles. The second kappa shape index (κ2) is 5.80. The van der Waals surface area contributed by atoms with Gasteiger partial charge >= 0.3 is 14.0 Å². The Kier molecular flexibility index (Phi) is 4.83. The molecule has 0 N–H and O–H groups in total. The van der Waals surface area contributed by atoms with Gasteiger partial charge in [-0.25, -0.2) is 0 Å². The summed E-state index contributed by atoms with van der Waals surface area (Å²) in [5.74, 6) is 0. The highest BCUT2D eigenvalue weighted by Crippen LogP contribution is 2.36. The predicted molar refractivity (Wildman–Crippen MR) is 90.6 cm³/mol. The second-order valence-corrected chi connectivity index (χ2v) is 9.25. The summed E-state index contributed by atoms with van der Waals surface area (Å²) in [4.78, 5) is 0. The highest BCUT2D eigenvalue weighted by Gasteiger charge is 2.53. The van der Waals surface area contributed by atoms with Gasteiger partial charge in [-0.15, -0.1) is 0 Å². The van der Waals surface area contributed by atoms with E-state index in [0.29, 0.717) is 0 Å². The summed E-state index contributed by atoms with van der Waals surface area (Å²) < 4.78 is 25.0. The van der Waals surface area contributed by atoms with Gasteiger partial charge in [-0.05, 0) is 81.1 Å². The molecule has 0 spiro atoms. The van der Waals surface area contributed by atoms with Crippen molar-refractivity contribution in [3.05, 3.63) is 0 Å². The molecule has 0 amide bonds. The van der Waals surface area contributed by atoms with E-state index in [2.05, 4.69) is 55.4 Å². The van der Waals surface area contributed by atoms with Gasteiger partial charge < -0.3 is 18.6 Å². The molecule has 0 unspecified atom stereocenters. The Bertz CT molecular complexity index is 333. The van der Waals surface area contributed by atoms with Crippen LogP contribution in [0, 0.1) is 0 Å². The predicted octanol–water partition coefficient (Wildman–Crippen LogP) is 3.81. The lowest BCUT2D eigenvalue weighted by Crippen LogP contribution is -2.54. The van der Waals surface area contributed by atoms with Crippen LogP contribution in [-0.2, 0) is 18.6 Å². The maximum atomic E-state index is 6.24. The van der Waals surface area contributed by atoms with E-state index in [1.807, 2.05) is 0 Å². The lowest BCUT2D eigenvalue weighted by atomic mass is 9.47. The molecular weight excluding hydrogens is 278 g/mol. The first-order chi connectivity index (χ1) is 9.79. The van der Waals surface area contributed by atoms with Gasteiger partial charge in [-0.1, -0.05) is 0 Å². The zero-order chi connectivity index (χ0) is 16.8. The third kappa shape index (κ3) is 4.98. The summed E-state index contributed by atoms with van der Waals surface area (Å²) in [7, 11) is -1.02. The third-order valence-corrected chi connectivity index (χ3v) is 4.62. The maximum absolute atomic E-state index is 6.24. The minimum Gasteiger partial charge on any atom is -0.408 e. The molecule has 0 radical (unpaired) electrons. The topological polar surface area (TPSA) is 36.9 Å². The van der Waals surface area contributed by atoms with E-state index < -0.39 is 14.0 Å². The van der Waals surface area contributed by atoms with Crippen molar-refractivity contribution < 1.29 is 18.6 Å². The van der Waals surface area contributed by atoms with E-state index in [1.165, 1.54) is 0 Å². The minimum absolute atomic E-state index is 0.244. The zero-order valence-corrected chi connectivity index (χ0v) is 15.6. The van der Waals surface area contributed by atoms with Crippen LogP contribution in [-0.4, -0.2) is 36.4 Å². The Morgan fingerprint density at radius 1 is 0.455 bits per heavy atom. The smallest absolute Gasteiger partial charge is 0.408 e. The highest BCUT2D eigenvalue weighted by atomic mass is 16.7. The van der Waals surface area contributed by atoms with E-state index in [4.69, 9.17) is 18.6 Å². The van der Waals surface area contributed by atoms with Crippen molar-refractivity contribution in [3.8, 4) is 0 Å². The number of hydrogen-bond acceptors (Lipinski definition) is 4. The van der Waals surface area contributed by atoms with Crippen LogP contribution in [0.25, 0.3) is 0 Å². The Hall–Kier alpha value is -0.0301. The van der Waals surface area contributed by atoms with Crippen molar-refractivity contribution in [2.24, 2.45) is 0 Å². The first-order valence-corrected chi connectivity index (χ1v) is 8.51. The van der Waals surface area contributed by atoms with Crippen molar-refractivity contribution in [2.45, 2.75) is 103 Å². The average molecular weight is 310 g/mol. The summed E-state index contributed by atoms with van der Waals surface area (Å²) in [6.07, 6.45) is 3.82. The lowest BCUT2D eigenvalue weighted by molar-refractivity contribution is 0.0359. The van der Waals surface area contributed by atoms with Gasteiger partial charge in [0.2, 0.25) is 0 Å². The monoisotopic (exact) mass is 310 g/mol. The minimum atomic E-state index is -0.510. The van der Waals surface area contributed by atoms with Crippen LogP contribution >= 0.6 is 0 Å². The standard InChI is InChI=1S/C16H32B2O4/c1-13(2)9-10-14(3,4)20-17(19-13)18-21-15(5,6)11-12-16(7,8)22-18/h9-12H2,1-8H3. The molecule has 0 aromatic carbocycles. The molecule has 22 heavy (non-hydrogen) atoms. The molecule has 2 rings (SSSR count). The van der Waals surface area contributed by atoms with Crippen molar-refractivity contribution in [1.82, 2.24) is 0 Å². The van der Waals surface area contributed by atoms with E-state index in [1.54, 1.807) is 0 Å². The van der Waals surface area contributed by atoms with Crippen molar-refractivity contribution in [2.75, 3.05) is 0 Å². The van der Waals surface area contributed by atoms with E-state index in [9.17, 15) is 0 Å². The second-order valence-electron chi connectivity index (χ2n) is 9.25. The molecule has 2 heterocycles. The summed E-state index contributed by atoms with van der Waals surface area (Å²) in [5.41, 5.74) is -0.977. The molecule has 0 aromatic heterocycles. The van der Waals surface area contributed by atoms with Crippen LogP contribution in [0.5, 0.6) is 0 Å². The summed E-state index contributed by atoms with van der Waals surface area (Å²) >= 11 is 0. The Balaban J connectivity index is 2.25. The molecule has 0 bridgehead atoms. The van der Waals surface area contributed by atoms with Crippen molar-refractivity contribution in [1.29, 1.82) is 0 Å². The third-order valence-electron chi connectivity index (χ3n) is 4.62. The van der Waals surface area contributed by atoms with Crippen LogP contribution in [0.2, 0.25) is 0 Å². The van der Waals surface area contributed by atoms with Gasteiger partial charge in [0.15, 0.2) is 0 Å². The normalized spacial score (nSPS) is 30.5. The van der Waals surface area contributed by atoms with E-state index >= 15 is 0 Å². The molecule has 2 fully saturated rings. The van der Waals surface area contributed by atoms with E-state index in [-0.39, 0.29) is 22.4 Å². The molecule has 2 saturated heterocycles. The van der Waals surface area contributed by atoms with Gasteiger partial charge in [0.25, 0.3) is 0 Å². The molecule has 0 atom stereocenters. The van der Waals surface area contributed by atoms with E-state index in [0.717, 1.165) is 25.7 Å². The summed E-state index contributed by atoms with van der Waals surface area (Å²) in [6.45, 7) is 16.9. The molecule has 0 aromatic rings. The largest absolute Gasteiger partial charge is 0.488 e. The Morgan fingerprint density at radius 3 is 0.818 bits per heavy atom. The average Bonchev–Trinajstić information content (AvgIpc) is 2.49. The van der Waals surface area contributed by atoms with Crippen LogP contribution < -0.4 is 0 Å². The molecule has 0 saturated carbocycles. The van der Waals surface area contributed by atoms with Gasteiger partial charge in [-0.3, -0.25) is 0 Å². The lowest BCUT2D eigenvalue weighted by Gasteiger charge is -2.33. The van der Waals surface area contributed by atoms with Crippen molar-refractivity contribution in [3.63, 3.8) is 0 Å². The molecule has 0 aliphatic carbocycles. The van der Waals surface area contributed by atoms with Gasteiger partial charge in [0, 0.05) is 22.4 Å². The van der Waals surface area contributed by atoms with Gasteiger partial charge in [-0.2, -0.15) is 0 Å². The Labute approximate surface area is 136 Å². The first kappa shape index (κ1) is 18.3. The van der Waals surface area contributed by atoms with Crippen LogP contribution in [0.1, 0.15) is 81.1 Å². The summed E-state index contributed by atoms with van der Waals surface area (Å²) in [6, 6.07) is 0. The zero-order valence-electron chi connectivity index (χ0n) is 15.6. The first-order valence-electron chi connectivity index (χ1n) is 8.51. The molecule has 4 nitrogen and oxygen atoms in total. The van der Waals surface area contributed by atoms with Crippen LogP contribution in [0.3, 0.4) is 0 Å². The van der Waals surface area contributed by atoms with Crippen molar-refractivity contribution >= 4 is 14.0 Å². The SMILES string of the molecule is CC1(C)CCC(C)(C)OB(B2OC(C)(C)CCC(C)(C)O2)O1. The molecular formula is C16H32B2O4. The van der Waals surface area contributed by atoms with Gasteiger partial charge in [0.05, 0.1) is 0 Å². The molecule has 2 aliphatic rings. The molecule has 126 valence electrons. The fourth-order valence-electron chi connectivity index (χ4n) is 2.97. The molecule has 6 heteroatoms. The quantitative estimate of drug-likeness (QED) is 0.690.